The fourth-order valence-corrected chi connectivity index (χ4v) is 5.00. The first kappa shape index (κ1) is 18.4. The van der Waals surface area contributed by atoms with E-state index in [2.05, 4.69) is 5.32 Å². The molecule has 1 aromatic carbocycles. The Morgan fingerprint density at radius 2 is 1.96 bits per heavy atom. The molecular weight excluding hydrogens is 374 g/mol. The number of rotatable bonds is 5. The van der Waals surface area contributed by atoms with E-state index in [1.165, 1.54) is 20.5 Å². The van der Waals surface area contributed by atoms with Gasteiger partial charge in [-0.2, -0.15) is 0 Å². The molecule has 2 aromatic rings. The second kappa shape index (κ2) is 7.46. The minimum Gasteiger partial charge on any atom is -0.332 e. The summed E-state index contributed by atoms with van der Waals surface area (Å²) in [5.74, 6) is -0.362. The smallest absolute Gasteiger partial charge is 0.264 e. The van der Waals surface area contributed by atoms with Crippen LogP contribution in [0.25, 0.3) is 0 Å². The van der Waals surface area contributed by atoms with Crippen molar-refractivity contribution >= 4 is 44.5 Å². The zero-order valence-electron chi connectivity index (χ0n) is 14.2. The molecule has 0 radical (unpaired) electrons. The van der Waals surface area contributed by atoms with Crippen LogP contribution in [0.4, 0.5) is 11.4 Å². The van der Waals surface area contributed by atoms with Crippen LogP contribution in [-0.2, 0) is 14.8 Å². The molecule has 2 heterocycles. The number of nitrogens with zero attached hydrogens (tertiary/aromatic N) is 2. The summed E-state index contributed by atoms with van der Waals surface area (Å²) < 4.78 is 25.2. The van der Waals surface area contributed by atoms with Crippen molar-refractivity contribution < 1.29 is 18.0 Å². The lowest BCUT2D eigenvalue weighted by molar-refractivity contribution is -0.116. The lowest BCUT2D eigenvalue weighted by Gasteiger charge is -2.18. The molecule has 0 bridgehead atoms. The summed E-state index contributed by atoms with van der Waals surface area (Å²) in [6.45, 7) is 0.405. The second-order valence-corrected chi connectivity index (χ2v) is 8.94. The van der Waals surface area contributed by atoms with Crippen LogP contribution < -0.4 is 9.62 Å². The normalized spacial score (nSPS) is 15.7. The Kier molecular flexibility index (Phi) is 5.28. The van der Waals surface area contributed by atoms with Gasteiger partial charge in [0.25, 0.3) is 5.91 Å². The number of sulfonamides is 1. The van der Waals surface area contributed by atoms with Crippen molar-refractivity contribution in [3.8, 4) is 0 Å². The molecule has 1 saturated heterocycles. The van der Waals surface area contributed by atoms with Crippen LogP contribution in [0.2, 0.25) is 0 Å². The minimum absolute atomic E-state index is 0.0704. The van der Waals surface area contributed by atoms with E-state index in [0.717, 1.165) is 0 Å². The zero-order chi connectivity index (χ0) is 18.7. The van der Waals surface area contributed by atoms with Crippen molar-refractivity contribution in [3.05, 3.63) is 46.7 Å². The number of thiophene rings is 1. The van der Waals surface area contributed by atoms with E-state index < -0.39 is 10.0 Å². The molecule has 138 valence electrons. The molecular formula is C17H19N3O4S2. The topological polar surface area (TPSA) is 86.8 Å². The molecule has 1 aromatic heterocycles. The molecule has 0 aliphatic carbocycles. The highest BCUT2D eigenvalue weighted by molar-refractivity contribution is 7.93. The summed E-state index contributed by atoms with van der Waals surface area (Å²) in [5.41, 5.74) is 1.14. The number of hydrogen-bond acceptors (Lipinski definition) is 5. The van der Waals surface area contributed by atoms with Gasteiger partial charge in [-0.15, -0.1) is 11.3 Å². The van der Waals surface area contributed by atoms with Crippen molar-refractivity contribution in [2.45, 2.75) is 6.42 Å². The molecule has 26 heavy (non-hydrogen) atoms. The fourth-order valence-electron chi connectivity index (χ4n) is 2.72. The standard InChI is InChI=1S/C17H19N3O4S2/c1-19(17(22)15-4-2-10-25-15)12-16(21)18-13-5-7-14(8-6-13)20-9-3-11-26(20,23)24/h2,4-8,10H,3,9,11-12H2,1H3,(H,18,21). The molecule has 1 N–H and O–H groups in total. The lowest BCUT2D eigenvalue weighted by Crippen LogP contribution is -2.34. The third kappa shape index (κ3) is 4.05. The SMILES string of the molecule is CN(CC(=O)Nc1ccc(N2CCCS2(=O)=O)cc1)C(=O)c1cccs1. The number of nitrogens with one attached hydrogen (secondary N) is 1. The summed E-state index contributed by atoms with van der Waals surface area (Å²) in [6, 6.07) is 10.1. The van der Waals surface area contributed by atoms with E-state index in [9.17, 15) is 18.0 Å². The number of amides is 2. The van der Waals surface area contributed by atoms with Gasteiger partial charge in [0.05, 0.1) is 22.9 Å². The molecule has 1 aliphatic heterocycles. The summed E-state index contributed by atoms with van der Waals surface area (Å²) in [4.78, 5) is 26.2. The fraction of sp³-hybridized carbons (Fsp3) is 0.294. The van der Waals surface area contributed by atoms with Gasteiger partial charge in [0, 0.05) is 19.3 Å². The summed E-state index contributed by atoms with van der Waals surface area (Å²) in [6.07, 6.45) is 0.616. The predicted octanol–water partition coefficient (Wildman–Crippen LogP) is 2.00. The maximum atomic E-state index is 12.1. The number of likely N-dealkylation sites (N-methyl/N-ethyl adjacent to an activating group) is 1. The highest BCUT2D eigenvalue weighted by Gasteiger charge is 2.28. The van der Waals surface area contributed by atoms with Crippen molar-refractivity contribution in [2.75, 3.05) is 35.5 Å². The molecule has 7 nitrogen and oxygen atoms in total. The molecule has 1 fully saturated rings. The second-order valence-electron chi connectivity index (χ2n) is 5.98. The first-order chi connectivity index (χ1) is 12.4. The summed E-state index contributed by atoms with van der Waals surface area (Å²) >= 11 is 1.33. The van der Waals surface area contributed by atoms with Gasteiger partial charge in [0.15, 0.2) is 0 Å². The number of hydrogen-bond donors (Lipinski definition) is 1. The third-order valence-electron chi connectivity index (χ3n) is 4.00. The summed E-state index contributed by atoms with van der Waals surface area (Å²) in [7, 11) is -1.65. The van der Waals surface area contributed by atoms with Crippen molar-refractivity contribution in [1.29, 1.82) is 0 Å². The molecule has 0 unspecified atom stereocenters. The van der Waals surface area contributed by atoms with Gasteiger partial charge in [-0.25, -0.2) is 8.42 Å². The van der Waals surface area contributed by atoms with Crippen LogP contribution in [0.3, 0.4) is 0 Å². The number of benzene rings is 1. The van der Waals surface area contributed by atoms with E-state index in [-0.39, 0.29) is 24.1 Å². The number of anilines is 2. The average Bonchev–Trinajstić information content (AvgIpc) is 3.24. The van der Waals surface area contributed by atoms with Crippen LogP contribution in [0, 0.1) is 0 Å². The van der Waals surface area contributed by atoms with Gasteiger partial charge in [-0.05, 0) is 42.1 Å². The Labute approximate surface area is 156 Å². The van der Waals surface area contributed by atoms with Crippen molar-refractivity contribution in [1.82, 2.24) is 4.90 Å². The Balaban J connectivity index is 1.59. The predicted molar refractivity (Wildman–Crippen MR) is 102 cm³/mol. The molecule has 1 aliphatic rings. The first-order valence-corrected chi connectivity index (χ1v) is 10.5. The van der Waals surface area contributed by atoms with E-state index >= 15 is 0 Å². The Morgan fingerprint density at radius 3 is 2.54 bits per heavy atom. The van der Waals surface area contributed by atoms with Gasteiger partial charge in [0.1, 0.15) is 0 Å². The average molecular weight is 393 g/mol. The van der Waals surface area contributed by atoms with Gasteiger partial charge < -0.3 is 10.2 Å². The van der Waals surface area contributed by atoms with E-state index in [1.807, 2.05) is 5.38 Å². The summed E-state index contributed by atoms with van der Waals surface area (Å²) in [5, 5.41) is 4.52. The largest absolute Gasteiger partial charge is 0.332 e. The van der Waals surface area contributed by atoms with Gasteiger partial charge in [-0.3, -0.25) is 13.9 Å². The Morgan fingerprint density at radius 1 is 1.23 bits per heavy atom. The zero-order valence-corrected chi connectivity index (χ0v) is 15.8. The van der Waals surface area contributed by atoms with Crippen LogP contribution in [-0.4, -0.2) is 51.0 Å². The van der Waals surface area contributed by atoms with E-state index in [1.54, 1.807) is 43.4 Å². The molecule has 0 spiro atoms. The molecule has 9 heteroatoms. The Hall–Kier alpha value is -2.39. The van der Waals surface area contributed by atoms with Crippen molar-refractivity contribution in [2.24, 2.45) is 0 Å². The Bertz CT molecular complexity index is 893. The van der Waals surface area contributed by atoms with E-state index in [4.69, 9.17) is 0 Å². The molecule has 0 atom stereocenters. The number of carbonyl (C=O) groups excluding carboxylic acids is 2. The van der Waals surface area contributed by atoms with Gasteiger partial charge in [-0.1, -0.05) is 6.07 Å². The minimum atomic E-state index is -3.22. The molecule has 2 amide bonds. The van der Waals surface area contributed by atoms with Gasteiger partial charge >= 0.3 is 0 Å². The van der Waals surface area contributed by atoms with Gasteiger partial charge in [0.2, 0.25) is 15.9 Å². The van der Waals surface area contributed by atoms with Crippen molar-refractivity contribution in [3.63, 3.8) is 0 Å². The maximum Gasteiger partial charge on any atom is 0.264 e. The third-order valence-corrected chi connectivity index (χ3v) is 6.73. The molecule has 0 saturated carbocycles. The van der Waals surface area contributed by atoms with Crippen LogP contribution in [0.15, 0.2) is 41.8 Å². The highest BCUT2D eigenvalue weighted by atomic mass is 32.2. The molecule has 3 rings (SSSR count). The van der Waals surface area contributed by atoms with Crippen LogP contribution in [0.1, 0.15) is 16.1 Å². The van der Waals surface area contributed by atoms with Crippen LogP contribution in [0.5, 0.6) is 0 Å². The van der Waals surface area contributed by atoms with Crippen LogP contribution >= 0.6 is 11.3 Å². The number of carbonyl (C=O) groups is 2. The monoisotopic (exact) mass is 393 g/mol. The lowest BCUT2D eigenvalue weighted by atomic mass is 10.2. The maximum absolute atomic E-state index is 12.1. The quantitative estimate of drug-likeness (QED) is 0.842. The highest BCUT2D eigenvalue weighted by Crippen LogP contribution is 2.25. The first-order valence-electron chi connectivity index (χ1n) is 8.06. The van der Waals surface area contributed by atoms with E-state index in [0.29, 0.717) is 29.2 Å².